The molecule has 0 aliphatic carbocycles. The van der Waals surface area contributed by atoms with Crippen molar-refractivity contribution >= 4 is 0 Å². The summed E-state index contributed by atoms with van der Waals surface area (Å²) in [5, 5.41) is 19.3. The number of nitrogens with zero attached hydrogens (tertiary/aromatic N) is 1. The van der Waals surface area contributed by atoms with Crippen molar-refractivity contribution in [3.05, 3.63) is 23.8 Å². The zero-order valence-electron chi connectivity index (χ0n) is 10.1. The SMILES string of the molecule is CC(c1cc(O)ccc1O)N1CCCC(N)C1. The lowest BCUT2D eigenvalue weighted by Gasteiger charge is -2.35. The van der Waals surface area contributed by atoms with Gasteiger partial charge in [0.2, 0.25) is 0 Å². The Balaban J connectivity index is 2.18. The number of phenols is 2. The van der Waals surface area contributed by atoms with Gasteiger partial charge in [0.05, 0.1) is 0 Å². The molecule has 0 bridgehead atoms. The Morgan fingerprint density at radius 3 is 2.88 bits per heavy atom. The molecular weight excluding hydrogens is 216 g/mol. The summed E-state index contributed by atoms with van der Waals surface area (Å²) >= 11 is 0. The highest BCUT2D eigenvalue weighted by Crippen LogP contribution is 2.32. The van der Waals surface area contributed by atoms with Crippen LogP contribution in [0.1, 0.15) is 31.4 Å². The zero-order valence-corrected chi connectivity index (χ0v) is 10.1. The van der Waals surface area contributed by atoms with Gasteiger partial charge < -0.3 is 15.9 Å². The summed E-state index contributed by atoms with van der Waals surface area (Å²) in [5.74, 6) is 0.417. The summed E-state index contributed by atoms with van der Waals surface area (Å²) in [4.78, 5) is 2.25. The number of piperidine rings is 1. The minimum absolute atomic E-state index is 0.0773. The Labute approximate surface area is 102 Å². The summed E-state index contributed by atoms with van der Waals surface area (Å²) in [5.41, 5.74) is 6.72. The van der Waals surface area contributed by atoms with Gasteiger partial charge in [-0.2, -0.15) is 0 Å². The molecule has 0 radical (unpaired) electrons. The highest BCUT2D eigenvalue weighted by atomic mass is 16.3. The second kappa shape index (κ2) is 4.94. The van der Waals surface area contributed by atoms with Crippen molar-refractivity contribution < 1.29 is 10.2 Å². The van der Waals surface area contributed by atoms with E-state index >= 15 is 0 Å². The Morgan fingerprint density at radius 2 is 2.18 bits per heavy atom. The van der Waals surface area contributed by atoms with Crippen molar-refractivity contribution in [3.8, 4) is 11.5 Å². The molecule has 1 saturated heterocycles. The first-order valence-electron chi connectivity index (χ1n) is 6.09. The lowest BCUT2D eigenvalue weighted by Crippen LogP contribution is -2.43. The predicted molar refractivity (Wildman–Crippen MR) is 67.0 cm³/mol. The maximum absolute atomic E-state index is 9.83. The molecule has 1 fully saturated rings. The predicted octanol–water partition coefficient (Wildman–Crippen LogP) is 1.58. The number of phenolic OH excluding ortho intramolecular Hbond substituents is 2. The Hall–Kier alpha value is -1.26. The molecule has 0 spiro atoms. The van der Waals surface area contributed by atoms with Crippen molar-refractivity contribution in [2.45, 2.75) is 31.8 Å². The smallest absolute Gasteiger partial charge is 0.120 e. The number of benzene rings is 1. The van der Waals surface area contributed by atoms with Crippen LogP contribution >= 0.6 is 0 Å². The van der Waals surface area contributed by atoms with E-state index in [4.69, 9.17) is 5.73 Å². The van der Waals surface area contributed by atoms with Crippen molar-refractivity contribution in [1.82, 2.24) is 4.90 Å². The minimum atomic E-state index is 0.0773. The molecule has 2 unspecified atom stereocenters. The van der Waals surface area contributed by atoms with Gasteiger partial charge in [-0.3, -0.25) is 4.90 Å². The molecule has 1 aliphatic heterocycles. The molecular formula is C13H20N2O2. The fourth-order valence-corrected chi connectivity index (χ4v) is 2.47. The first-order chi connectivity index (χ1) is 8.08. The number of hydrogen-bond donors (Lipinski definition) is 3. The number of rotatable bonds is 2. The summed E-state index contributed by atoms with van der Waals surface area (Å²) in [6.07, 6.45) is 2.15. The molecule has 0 saturated carbocycles. The molecule has 1 aromatic carbocycles. The summed E-state index contributed by atoms with van der Waals surface area (Å²) in [7, 11) is 0. The number of hydrogen-bond acceptors (Lipinski definition) is 4. The van der Waals surface area contributed by atoms with Gasteiger partial charge in [-0.15, -0.1) is 0 Å². The molecule has 4 N–H and O–H groups in total. The fourth-order valence-electron chi connectivity index (χ4n) is 2.47. The first-order valence-corrected chi connectivity index (χ1v) is 6.09. The topological polar surface area (TPSA) is 69.7 Å². The van der Waals surface area contributed by atoms with Crippen molar-refractivity contribution in [1.29, 1.82) is 0 Å². The fraction of sp³-hybridized carbons (Fsp3) is 0.538. The van der Waals surface area contributed by atoms with Crippen LogP contribution in [0, 0.1) is 0 Å². The standard InChI is InChI=1S/C13H20N2O2/c1-9(15-6-2-3-10(14)8-15)12-7-11(16)4-5-13(12)17/h4-5,7,9-10,16-17H,2-3,6,8,14H2,1H3. The van der Waals surface area contributed by atoms with Crippen molar-refractivity contribution in [2.75, 3.05) is 13.1 Å². The second-order valence-electron chi connectivity index (χ2n) is 4.82. The molecule has 94 valence electrons. The number of likely N-dealkylation sites (tertiary alicyclic amines) is 1. The van der Waals surface area contributed by atoms with Crippen LogP contribution in [0.25, 0.3) is 0 Å². The Bertz CT molecular complexity index is 395. The van der Waals surface area contributed by atoms with Crippen molar-refractivity contribution in [2.24, 2.45) is 5.73 Å². The van der Waals surface area contributed by atoms with E-state index in [2.05, 4.69) is 4.90 Å². The second-order valence-corrected chi connectivity index (χ2v) is 4.82. The summed E-state index contributed by atoms with van der Waals surface area (Å²) in [6, 6.07) is 4.94. The maximum Gasteiger partial charge on any atom is 0.120 e. The third-order valence-electron chi connectivity index (χ3n) is 3.50. The van der Waals surface area contributed by atoms with Crippen LogP contribution in [-0.2, 0) is 0 Å². The van der Waals surface area contributed by atoms with Gasteiger partial charge in [-0.1, -0.05) is 0 Å². The van der Waals surface area contributed by atoms with E-state index in [0.29, 0.717) is 0 Å². The number of nitrogens with two attached hydrogens (primary N) is 1. The van der Waals surface area contributed by atoms with Gasteiger partial charge in [0.25, 0.3) is 0 Å². The molecule has 1 aromatic rings. The van der Waals surface area contributed by atoms with E-state index in [9.17, 15) is 10.2 Å². The molecule has 0 amide bonds. The summed E-state index contributed by atoms with van der Waals surface area (Å²) in [6.45, 7) is 3.87. The molecule has 0 aromatic heterocycles. The van der Waals surface area contributed by atoms with Crippen LogP contribution in [0.4, 0.5) is 0 Å². The van der Waals surface area contributed by atoms with Crippen molar-refractivity contribution in [3.63, 3.8) is 0 Å². The average Bonchev–Trinajstić information content (AvgIpc) is 2.31. The minimum Gasteiger partial charge on any atom is -0.508 e. The van der Waals surface area contributed by atoms with Crippen LogP contribution < -0.4 is 5.73 Å². The van der Waals surface area contributed by atoms with Gasteiger partial charge in [0, 0.05) is 24.2 Å². The number of aromatic hydroxyl groups is 2. The summed E-state index contributed by atoms with van der Waals surface area (Å²) < 4.78 is 0. The lowest BCUT2D eigenvalue weighted by molar-refractivity contribution is 0.157. The highest BCUT2D eigenvalue weighted by Gasteiger charge is 2.24. The quantitative estimate of drug-likeness (QED) is 0.682. The van der Waals surface area contributed by atoms with E-state index in [1.54, 1.807) is 6.07 Å². The molecule has 17 heavy (non-hydrogen) atoms. The van der Waals surface area contributed by atoms with Crippen LogP contribution in [0.3, 0.4) is 0 Å². The molecule has 1 heterocycles. The van der Waals surface area contributed by atoms with Crippen LogP contribution in [0.15, 0.2) is 18.2 Å². The third kappa shape index (κ3) is 2.70. The van der Waals surface area contributed by atoms with Gasteiger partial charge >= 0.3 is 0 Å². The van der Waals surface area contributed by atoms with Gasteiger partial charge in [0.1, 0.15) is 11.5 Å². The third-order valence-corrected chi connectivity index (χ3v) is 3.50. The monoisotopic (exact) mass is 236 g/mol. The Kier molecular flexibility index (Phi) is 3.54. The van der Waals surface area contributed by atoms with Crippen LogP contribution in [0.5, 0.6) is 11.5 Å². The Morgan fingerprint density at radius 1 is 1.41 bits per heavy atom. The molecule has 2 atom stereocenters. The van der Waals surface area contributed by atoms with Crippen LogP contribution in [-0.4, -0.2) is 34.2 Å². The highest BCUT2D eigenvalue weighted by molar-refractivity contribution is 5.40. The lowest BCUT2D eigenvalue weighted by atomic mass is 10.00. The van der Waals surface area contributed by atoms with Gasteiger partial charge in [0.15, 0.2) is 0 Å². The van der Waals surface area contributed by atoms with E-state index < -0.39 is 0 Å². The van der Waals surface area contributed by atoms with Gasteiger partial charge in [-0.05, 0) is 44.5 Å². The van der Waals surface area contributed by atoms with Gasteiger partial charge in [-0.25, -0.2) is 0 Å². The largest absolute Gasteiger partial charge is 0.508 e. The molecule has 4 nitrogen and oxygen atoms in total. The van der Waals surface area contributed by atoms with E-state index in [0.717, 1.165) is 31.5 Å². The zero-order chi connectivity index (χ0) is 12.4. The molecule has 1 aliphatic rings. The van der Waals surface area contributed by atoms with E-state index in [-0.39, 0.29) is 23.6 Å². The van der Waals surface area contributed by atoms with E-state index in [1.807, 2.05) is 6.92 Å². The molecule has 4 heteroatoms. The maximum atomic E-state index is 9.83. The average molecular weight is 236 g/mol. The first kappa shape index (κ1) is 12.2. The van der Waals surface area contributed by atoms with E-state index in [1.165, 1.54) is 12.1 Å². The molecule has 2 rings (SSSR count). The van der Waals surface area contributed by atoms with Crippen LogP contribution in [0.2, 0.25) is 0 Å². The normalized spacial score (nSPS) is 23.5.